The van der Waals surface area contributed by atoms with Gasteiger partial charge in [-0.05, 0) is 50.7 Å². The van der Waals surface area contributed by atoms with E-state index >= 15 is 0 Å². The Bertz CT molecular complexity index is 573. The topological polar surface area (TPSA) is 29.9 Å². The lowest BCUT2D eigenvalue weighted by atomic mass is 9.99. The van der Waals surface area contributed by atoms with Gasteiger partial charge in [-0.2, -0.15) is 5.10 Å². The van der Waals surface area contributed by atoms with Crippen molar-refractivity contribution >= 4 is 17.0 Å². The van der Waals surface area contributed by atoms with Crippen LogP contribution in [0.1, 0.15) is 53.7 Å². The number of hydrogen-bond acceptors (Lipinski definition) is 3. The van der Waals surface area contributed by atoms with E-state index in [1.165, 1.54) is 36.2 Å². The molecule has 0 fully saturated rings. The van der Waals surface area contributed by atoms with Crippen LogP contribution in [0.15, 0.2) is 12.3 Å². The second-order valence-electron chi connectivity index (χ2n) is 5.69. The molecule has 4 heteroatoms. The van der Waals surface area contributed by atoms with Crippen molar-refractivity contribution in [3.8, 4) is 0 Å². The van der Waals surface area contributed by atoms with Crippen LogP contribution in [0.5, 0.6) is 0 Å². The molecule has 2 aromatic heterocycles. The highest BCUT2D eigenvalue weighted by atomic mass is 32.1. The molecular weight excluding hydrogens is 266 g/mol. The van der Waals surface area contributed by atoms with E-state index in [4.69, 9.17) is 0 Å². The first kappa shape index (κ1) is 13.7. The van der Waals surface area contributed by atoms with E-state index < -0.39 is 0 Å². The minimum atomic E-state index is 0.361. The molecule has 0 aromatic carbocycles. The van der Waals surface area contributed by atoms with Crippen molar-refractivity contribution in [2.45, 2.75) is 52.0 Å². The molecule has 0 spiro atoms. The molecule has 1 atom stereocenters. The average molecular weight is 289 g/mol. The minimum Gasteiger partial charge on any atom is -0.375 e. The number of aromatic nitrogens is 2. The maximum absolute atomic E-state index is 4.50. The van der Waals surface area contributed by atoms with Crippen molar-refractivity contribution in [1.29, 1.82) is 0 Å². The Labute approximate surface area is 125 Å². The molecule has 2 heterocycles. The molecule has 1 N–H and O–H groups in total. The van der Waals surface area contributed by atoms with E-state index in [2.05, 4.69) is 36.5 Å². The molecule has 0 amide bonds. The average Bonchev–Trinajstić information content (AvgIpc) is 3.01. The third kappa shape index (κ3) is 2.62. The Morgan fingerprint density at radius 1 is 1.40 bits per heavy atom. The third-order valence-corrected chi connectivity index (χ3v) is 5.47. The molecule has 1 aliphatic rings. The van der Waals surface area contributed by atoms with Crippen molar-refractivity contribution in [2.24, 2.45) is 7.05 Å². The fraction of sp³-hybridized carbons (Fsp3) is 0.562. The van der Waals surface area contributed by atoms with Crippen molar-refractivity contribution in [2.75, 3.05) is 5.32 Å². The van der Waals surface area contributed by atoms with Gasteiger partial charge >= 0.3 is 0 Å². The van der Waals surface area contributed by atoms with Gasteiger partial charge in [0.05, 0.1) is 17.4 Å². The summed E-state index contributed by atoms with van der Waals surface area (Å²) in [5.74, 6) is 0. The van der Waals surface area contributed by atoms with Crippen LogP contribution in [-0.2, 0) is 26.3 Å². The lowest BCUT2D eigenvalue weighted by Crippen LogP contribution is -2.05. The summed E-state index contributed by atoms with van der Waals surface area (Å²) in [6, 6.07) is 2.78. The van der Waals surface area contributed by atoms with Gasteiger partial charge in [0.2, 0.25) is 0 Å². The van der Waals surface area contributed by atoms with Gasteiger partial charge in [-0.3, -0.25) is 4.68 Å². The van der Waals surface area contributed by atoms with Crippen molar-refractivity contribution in [3.63, 3.8) is 0 Å². The second-order valence-corrected chi connectivity index (χ2v) is 6.86. The number of thiophene rings is 1. The molecular formula is C16H23N3S. The number of aryl methyl sites for hydroxylation is 4. The Morgan fingerprint density at radius 3 is 2.95 bits per heavy atom. The van der Waals surface area contributed by atoms with Crippen molar-refractivity contribution in [3.05, 3.63) is 33.3 Å². The van der Waals surface area contributed by atoms with Crippen molar-refractivity contribution in [1.82, 2.24) is 9.78 Å². The van der Waals surface area contributed by atoms with Gasteiger partial charge in [0.1, 0.15) is 0 Å². The molecule has 1 unspecified atom stereocenters. The normalized spacial score (nSPS) is 15.9. The maximum Gasteiger partial charge on any atom is 0.0853 e. The van der Waals surface area contributed by atoms with E-state index in [0.717, 1.165) is 12.1 Å². The maximum atomic E-state index is 4.50. The SMILES string of the molecule is CCc1nn(C)cc1NC(C)c1cc2c(s1)CCCC2. The molecule has 108 valence electrons. The highest BCUT2D eigenvalue weighted by Crippen LogP contribution is 2.34. The van der Waals surface area contributed by atoms with Gasteiger partial charge in [-0.1, -0.05) is 6.92 Å². The standard InChI is InChI=1S/C16H23N3S/c1-4-13-14(10-19(3)18-13)17-11(2)16-9-12-7-5-6-8-15(12)20-16/h9-11,17H,4-8H2,1-3H3. The summed E-state index contributed by atoms with van der Waals surface area (Å²) in [4.78, 5) is 3.07. The Morgan fingerprint density at radius 2 is 2.20 bits per heavy atom. The van der Waals surface area contributed by atoms with Gasteiger partial charge in [0.25, 0.3) is 0 Å². The molecule has 20 heavy (non-hydrogen) atoms. The molecule has 2 aromatic rings. The van der Waals surface area contributed by atoms with Crippen LogP contribution >= 0.6 is 11.3 Å². The summed E-state index contributed by atoms with van der Waals surface area (Å²) >= 11 is 1.99. The Kier molecular flexibility index (Phi) is 3.83. The number of anilines is 1. The first-order valence-corrected chi connectivity index (χ1v) is 8.39. The van der Waals surface area contributed by atoms with Crippen LogP contribution in [0.25, 0.3) is 0 Å². The predicted molar refractivity (Wildman–Crippen MR) is 85.6 cm³/mol. The fourth-order valence-corrected chi connectivity index (χ4v) is 4.21. The number of fused-ring (bicyclic) bond motifs is 1. The molecule has 3 rings (SSSR count). The van der Waals surface area contributed by atoms with Crippen LogP contribution in [0.2, 0.25) is 0 Å². The molecule has 0 aliphatic heterocycles. The van der Waals surface area contributed by atoms with E-state index in [9.17, 15) is 0 Å². The lowest BCUT2D eigenvalue weighted by molar-refractivity contribution is 0.696. The summed E-state index contributed by atoms with van der Waals surface area (Å²) in [6.45, 7) is 4.41. The highest BCUT2D eigenvalue weighted by molar-refractivity contribution is 7.12. The molecule has 1 aliphatic carbocycles. The van der Waals surface area contributed by atoms with E-state index in [-0.39, 0.29) is 0 Å². The summed E-state index contributed by atoms with van der Waals surface area (Å²) in [7, 11) is 1.98. The molecule has 0 bridgehead atoms. The minimum absolute atomic E-state index is 0.361. The third-order valence-electron chi connectivity index (χ3n) is 4.05. The van der Waals surface area contributed by atoms with Crippen LogP contribution in [0, 0.1) is 0 Å². The van der Waals surface area contributed by atoms with E-state index in [1.54, 1.807) is 10.4 Å². The molecule has 0 saturated heterocycles. The zero-order valence-corrected chi connectivity index (χ0v) is 13.4. The predicted octanol–water partition coefficient (Wildman–Crippen LogP) is 4.10. The molecule has 0 radical (unpaired) electrons. The van der Waals surface area contributed by atoms with Crippen LogP contribution < -0.4 is 5.32 Å². The van der Waals surface area contributed by atoms with Gasteiger partial charge in [-0.15, -0.1) is 11.3 Å². The van der Waals surface area contributed by atoms with E-state index in [1.807, 2.05) is 23.1 Å². The lowest BCUT2D eigenvalue weighted by Gasteiger charge is -2.13. The van der Waals surface area contributed by atoms with Crippen molar-refractivity contribution < 1.29 is 0 Å². The number of hydrogen-bond donors (Lipinski definition) is 1. The summed E-state index contributed by atoms with van der Waals surface area (Å²) in [6.07, 6.45) is 8.32. The number of nitrogens with zero attached hydrogens (tertiary/aromatic N) is 2. The van der Waals surface area contributed by atoms with Crippen LogP contribution in [-0.4, -0.2) is 9.78 Å². The zero-order valence-electron chi connectivity index (χ0n) is 12.6. The quantitative estimate of drug-likeness (QED) is 0.918. The molecule has 3 nitrogen and oxygen atoms in total. The Hall–Kier alpha value is -1.29. The number of rotatable bonds is 4. The fourth-order valence-electron chi connectivity index (χ4n) is 2.95. The monoisotopic (exact) mass is 289 g/mol. The van der Waals surface area contributed by atoms with Crippen LogP contribution in [0.3, 0.4) is 0 Å². The zero-order chi connectivity index (χ0) is 14.1. The van der Waals surface area contributed by atoms with Crippen LogP contribution in [0.4, 0.5) is 5.69 Å². The number of nitrogens with one attached hydrogen (secondary N) is 1. The second kappa shape index (κ2) is 5.60. The highest BCUT2D eigenvalue weighted by Gasteiger charge is 2.17. The summed E-state index contributed by atoms with van der Waals surface area (Å²) < 4.78 is 1.90. The summed E-state index contributed by atoms with van der Waals surface area (Å²) in [5.41, 5.74) is 3.92. The van der Waals surface area contributed by atoms with Gasteiger partial charge in [0.15, 0.2) is 0 Å². The molecule has 0 saturated carbocycles. The first-order valence-electron chi connectivity index (χ1n) is 7.58. The van der Waals surface area contributed by atoms with E-state index in [0.29, 0.717) is 6.04 Å². The first-order chi connectivity index (χ1) is 9.67. The Balaban J connectivity index is 1.78. The van der Waals surface area contributed by atoms with Gasteiger partial charge in [-0.25, -0.2) is 0 Å². The van der Waals surface area contributed by atoms with Gasteiger partial charge < -0.3 is 5.32 Å². The largest absolute Gasteiger partial charge is 0.375 e. The smallest absolute Gasteiger partial charge is 0.0853 e. The summed E-state index contributed by atoms with van der Waals surface area (Å²) in [5, 5.41) is 8.13. The van der Waals surface area contributed by atoms with Gasteiger partial charge in [0, 0.05) is 23.0 Å².